The number of hydrogen-bond donors (Lipinski definition) is 2. The molecule has 0 amide bonds. The highest BCUT2D eigenvalue weighted by Crippen LogP contribution is 2.31. The van der Waals surface area contributed by atoms with Crippen LogP contribution in [-0.4, -0.2) is 61.4 Å². The Morgan fingerprint density at radius 1 is 1.25 bits per heavy atom. The van der Waals surface area contributed by atoms with Crippen molar-refractivity contribution in [3.05, 3.63) is 30.0 Å². The lowest BCUT2D eigenvalue weighted by Crippen LogP contribution is -2.23. The first-order valence-corrected chi connectivity index (χ1v) is 9.55. The fourth-order valence-electron chi connectivity index (χ4n) is 3.21. The van der Waals surface area contributed by atoms with E-state index in [0.717, 1.165) is 36.7 Å². The van der Waals surface area contributed by atoms with Gasteiger partial charge in [-0.25, -0.2) is 9.37 Å². The Morgan fingerprint density at radius 3 is 2.82 bits per heavy atom. The van der Waals surface area contributed by atoms with Gasteiger partial charge in [0, 0.05) is 50.2 Å². The molecular weight excluding hydrogens is 361 g/mol. The largest absolute Gasteiger partial charge is 0.493 e. The number of anilines is 3. The molecule has 1 aliphatic rings. The van der Waals surface area contributed by atoms with Crippen LogP contribution in [0.4, 0.5) is 21.8 Å². The van der Waals surface area contributed by atoms with Crippen LogP contribution in [0.5, 0.6) is 11.5 Å². The summed E-state index contributed by atoms with van der Waals surface area (Å²) in [5, 5.41) is 6.22. The summed E-state index contributed by atoms with van der Waals surface area (Å²) in [7, 11) is 3.44. The molecule has 7 nitrogen and oxygen atoms in total. The summed E-state index contributed by atoms with van der Waals surface area (Å²) in [6.07, 6.45) is 0.787. The molecular formula is C20H28FN5O2. The molecule has 0 radical (unpaired) electrons. The van der Waals surface area contributed by atoms with Crippen molar-refractivity contribution in [3.8, 4) is 11.5 Å². The normalized spacial score (nSPS) is 16.8. The Morgan fingerprint density at radius 2 is 2.11 bits per heavy atom. The molecule has 2 N–H and O–H groups in total. The highest BCUT2D eigenvalue weighted by atomic mass is 19.1. The van der Waals surface area contributed by atoms with Crippen molar-refractivity contribution in [2.75, 3.05) is 51.0 Å². The van der Waals surface area contributed by atoms with Crippen molar-refractivity contribution >= 4 is 17.5 Å². The third-order valence-corrected chi connectivity index (χ3v) is 4.62. The summed E-state index contributed by atoms with van der Waals surface area (Å²) in [5.74, 6) is 2.57. The van der Waals surface area contributed by atoms with E-state index in [4.69, 9.17) is 9.47 Å². The lowest BCUT2D eigenvalue weighted by Gasteiger charge is -2.16. The van der Waals surface area contributed by atoms with E-state index < -0.39 is 6.17 Å². The van der Waals surface area contributed by atoms with Gasteiger partial charge in [-0.05, 0) is 31.9 Å². The summed E-state index contributed by atoms with van der Waals surface area (Å²) in [6.45, 7) is 4.66. The molecule has 1 saturated heterocycles. The van der Waals surface area contributed by atoms with Crippen molar-refractivity contribution in [1.29, 1.82) is 0 Å². The number of aromatic nitrogens is 2. The van der Waals surface area contributed by atoms with Gasteiger partial charge in [0.2, 0.25) is 5.95 Å². The number of ether oxygens (including phenoxy) is 2. The first-order chi connectivity index (χ1) is 13.6. The van der Waals surface area contributed by atoms with E-state index >= 15 is 0 Å². The molecule has 1 unspecified atom stereocenters. The Labute approximate surface area is 165 Å². The van der Waals surface area contributed by atoms with E-state index in [1.807, 2.05) is 38.2 Å². The van der Waals surface area contributed by atoms with Crippen LogP contribution in [-0.2, 0) is 0 Å². The van der Waals surface area contributed by atoms with Crippen LogP contribution < -0.4 is 20.1 Å². The number of alkyl halides is 1. The van der Waals surface area contributed by atoms with Gasteiger partial charge in [-0.3, -0.25) is 0 Å². The number of hydrogen-bond acceptors (Lipinski definition) is 7. The molecule has 1 atom stereocenters. The van der Waals surface area contributed by atoms with E-state index in [2.05, 4.69) is 25.5 Å². The zero-order valence-electron chi connectivity index (χ0n) is 16.7. The minimum Gasteiger partial charge on any atom is -0.493 e. The fraction of sp³-hybridized carbons (Fsp3) is 0.500. The number of nitrogens with one attached hydrogen (secondary N) is 2. The highest BCUT2D eigenvalue weighted by Gasteiger charge is 2.20. The quantitative estimate of drug-likeness (QED) is 0.637. The maximum Gasteiger partial charge on any atom is 0.229 e. The molecule has 0 bridgehead atoms. The molecule has 3 rings (SSSR count). The lowest BCUT2D eigenvalue weighted by molar-refractivity contribution is 0.242. The second-order valence-corrected chi connectivity index (χ2v) is 6.85. The summed E-state index contributed by atoms with van der Waals surface area (Å²) >= 11 is 0. The van der Waals surface area contributed by atoms with Crippen LogP contribution in [0.1, 0.15) is 18.5 Å². The number of benzene rings is 1. The number of likely N-dealkylation sites (tertiary alicyclic amines) is 1. The van der Waals surface area contributed by atoms with Gasteiger partial charge in [0.25, 0.3) is 0 Å². The summed E-state index contributed by atoms with van der Waals surface area (Å²) in [6, 6.07) is 7.49. The summed E-state index contributed by atoms with van der Waals surface area (Å²) in [4.78, 5) is 10.9. The second-order valence-electron chi connectivity index (χ2n) is 6.85. The van der Waals surface area contributed by atoms with Crippen molar-refractivity contribution in [3.63, 3.8) is 0 Å². The van der Waals surface area contributed by atoms with Gasteiger partial charge in [-0.1, -0.05) is 0 Å². The topological polar surface area (TPSA) is 71.5 Å². The summed E-state index contributed by atoms with van der Waals surface area (Å²) in [5.41, 5.74) is 1.67. The predicted molar refractivity (Wildman–Crippen MR) is 109 cm³/mol. The third kappa shape index (κ3) is 5.45. The minimum absolute atomic E-state index is 0.510. The SMILES string of the molecule is CNc1cc(C)nc(Nc2ccc(OC)c(OCCCN3CCC(F)C3)c2)n1. The van der Waals surface area contributed by atoms with Crippen molar-refractivity contribution < 1.29 is 13.9 Å². The molecule has 0 aliphatic carbocycles. The second kappa shape index (κ2) is 9.54. The van der Waals surface area contributed by atoms with Crippen molar-refractivity contribution in [1.82, 2.24) is 14.9 Å². The average molecular weight is 389 g/mol. The molecule has 152 valence electrons. The van der Waals surface area contributed by atoms with Crippen LogP contribution in [0.3, 0.4) is 0 Å². The van der Waals surface area contributed by atoms with Crippen LogP contribution >= 0.6 is 0 Å². The van der Waals surface area contributed by atoms with Gasteiger partial charge in [-0.2, -0.15) is 4.98 Å². The number of methoxy groups -OCH3 is 1. The zero-order chi connectivity index (χ0) is 19.9. The van der Waals surface area contributed by atoms with Crippen LogP contribution in [0.15, 0.2) is 24.3 Å². The molecule has 0 spiro atoms. The number of nitrogens with zero attached hydrogens (tertiary/aromatic N) is 3. The van der Waals surface area contributed by atoms with Gasteiger partial charge >= 0.3 is 0 Å². The Kier molecular flexibility index (Phi) is 6.86. The number of rotatable bonds is 9. The standard InChI is InChI=1S/C20H28FN5O2/c1-14-11-19(22-2)25-20(23-14)24-16-5-6-17(27-3)18(12-16)28-10-4-8-26-9-7-15(21)13-26/h5-6,11-12,15H,4,7-10,13H2,1-3H3,(H2,22,23,24,25). The molecule has 2 heterocycles. The molecule has 8 heteroatoms. The fourth-order valence-corrected chi connectivity index (χ4v) is 3.21. The molecule has 28 heavy (non-hydrogen) atoms. The van der Waals surface area contributed by atoms with Crippen LogP contribution in [0.25, 0.3) is 0 Å². The van der Waals surface area contributed by atoms with Gasteiger partial charge in [0.1, 0.15) is 12.0 Å². The van der Waals surface area contributed by atoms with Gasteiger partial charge in [0.15, 0.2) is 11.5 Å². The predicted octanol–water partition coefficient (Wildman–Crippen LogP) is 3.39. The molecule has 1 aromatic carbocycles. The van der Waals surface area contributed by atoms with Crippen LogP contribution in [0, 0.1) is 6.92 Å². The minimum atomic E-state index is -0.684. The van der Waals surface area contributed by atoms with E-state index in [-0.39, 0.29) is 0 Å². The maximum absolute atomic E-state index is 13.2. The number of halogens is 1. The van der Waals surface area contributed by atoms with E-state index in [1.54, 1.807) is 7.11 Å². The number of aryl methyl sites for hydroxylation is 1. The first-order valence-electron chi connectivity index (χ1n) is 9.55. The third-order valence-electron chi connectivity index (χ3n) is 4.62. The monoisotopic (exact) mass is 389 g/mol. The first kappa shape index (κ1) is 20.1. The van der Waals surface area contributed by atoms with E-state index in [1.165, 1.54) is 0 Å². The molecule has 1 aliphatic heterocycles. The molecule has 2 aromatic rings. The Hall–Kier alpha value is -2.61. The van der Waals surface area contributed by atoms with Crippen molar-refractivity contribution in [2.45, 2.75) is 25.9 Å². The van der Waals surface area contributed by atoms with Crippen molar-refractivity contribution in [2.24, 2.45) is 0 Å². The smallest absolute Gasteiger partial charge is 0.229 e. The van der Waals surface area contributed by atoms with Crippen LogP contribution in [0.2, 0.25) is 0 Å². The summed E-state index contributed by atoms with van der Waals surface area (Å²) < 4.78 is 24.6. The lowest BCUT2D eigenvalue weighted by atomic mass is 10.2. The van der Waals surface area contributed by atoms with E-state index in [0.29, 0.717) is 37.0 Å². The maximum atomic E-state index is 13.2. The van der Waals surface area contributed by atoms with Gasteiger partial charge in [0.05, 0.1) is 13.7 Å². The highest BCUT2D eigenvalue weighted by molar-refractivity contribution is 5.60. The average Bonchev–Trinajstić information content (AvgIpc) is 3.10. The van der Waals surface area contributed by atoms with Gasteiger partial charge in [-0.15, -0.1) is 0 Å². The molecule has 1 aromatic heterocycles. The van der Waals surface area contributed by atoms with Gasteiger partial charge < -0.3 is 25.0 Å². The van der Waals surface area contributed by atoms with E-state index in [9.17, 15) is 4.39 Å². The zero-order valence-corrected chi connectivity index (χ0v) is 16.7. The molecule has 1 fully saturated rings. The Bertz CT molecular complexity index is 789. The molecule has 0 saturated carbocycles. The Balaban J connectivity index is 1.60.